The average molecular weight is 243 g/mol. The molecule has 0 aromatic carbocycles. The van der Waals surface area contributed by atoms with Crippen LogP contribution in [0.1, 0.15) is 64.7 Å². The maximum atomic E-state index is 13.7. The van der Waals surface area contributed by atoms with Crippen LogP contribution in [-0.2, 0) is 4.79 Å². The van der Waals surface area contributed by atoms with E-state index in [2.05, 4.69) is 6.92 Å². The summed E-state index contributed by atoms with van der Waals surface area (Å²) in [6, 6.07) is 0. The highest BCUT2D eigenvalue weighted by Gasteiger charge is 2.24. The Morgan fingerprint density at radius 2 is 1.76 bits per heavy atom. The number of halogens is 1. The standard InChI is InChI=1S/C14H26FNO/c1-2-3-4-5-7-10-13(15)14(17)16-11-8-6-9-12-16/h13H,2-12H2,1H3. The van der Waals surface area contributed by atoms with Crippen LogP contribution >= 0.6 is 0 Å². The molecule has 1 amide bonds. The zero-order chi connectivity index (χ0) is 12.5. The maximum absolute atomic E-state index is 13.7. The molecular weight excluding hydrogens is 217 g/mol. The van der Waals surface area contributed by atoms with Crippen molar-refractivity contribution in [2.45, 2.75) is 70.9 Å². The van der Waals surface area contributed by atoms with E-state index < -0.39 is 6.17 Å². The van der Waals surface area contributed by atoms with Gasteiger partial charge >= 0.3 is 0 Å². The van der Waals surface area contributed by atoms with E-state index in [1.54, 1.807) is 4.90 Å². The first-order valence-electron chi connectivity index (χ1n) is 7.18. The summed E-state index contributed by atoms with van der Waals surface area (Å²) in [6.07, 6.45) is 7.90. The van der Waals surface area contributed by atoms with Crippen LogP contribution in [0.3, 0.4) is 0 Å². The number of carbonyl (C=O) groups excluding carboxylic acids is 1. The van der Waals surface area contributed by atoms with Crippen molar-refractivity contribution in [2.75, 3.05) is 13.1 Å². The fraction of sp³-hybridized carbons (Fsp3) is 0.929. The summed E-state index contributed by atoms with van der Waals surface area (Å²) < 4.78 is 13.7. The van der Waals surface area contributed by atoms with Crippen molar-refractivity contribution < 1.29 is 9.18 Å². The largest absolute Gasteiger partial charge is 0.340 e. The van der Waals surface area contributed by atoms with Gasteiger partial charge in [-0.05, 0) is 25.7 Å². The number of carbonyl (C=O) groups is 1. The van der Waals surface area contributed by atoms with Crippen LogP contribution in [0.5, 0.6) is 0 Å². The molecule has 2 nitrogen and oxygen atoms in total. The third kappa shape index (κ3) is 5.51. The number of likely N-dealkylation sites (tertiary alicyclic amines) is 1. The predicted octanol–water partition coefficient (Wildman–Crippen LogP) is 3.70. The van der Waals surface area contributed by atoms with Crippen LogP contribution < -0.4 is 0 Å². The zero-order valence-corrected chi connectivity index (χ0v) is 11.1. The molecule has 0 N–H and O–H groups in total. The Hall–Kier alpha value is -0.600. The van der Waals surface area contributed by atoms with Crippen molar-refractivity contribution in [1.82, 2.24) is 4.90 Å². The molecule has 0 bridgehead atoms. The lowest BCUT2D eigenvalue weighted by atomic mass is 10.1. The molecule has 100 valence electrons. The summed E-state index contributed by atoms with van der Waals surface area (Å²) in [6.45, 7) is 3.68. The minimum Gasteiger partial charge on any atom is -0.340 e. The topological polar surface area (TPSA) is 20.3 Å². The molecule has 1 saturated heterocycles. The molecule has 1 heterocycles. The third-order valence-corrected chi connectivity index (χ3v) is 3.50. The Bertz CT molecular complexity index is 214. The highest BCUT2D eigenvalue weighted by Crippen LogP contribution is 2.15. The molecule has 0 aromatic heterocycles. The van der Waals surface area contributed by atoms with Gasteiger partial charge in [-0.2, -0.15) is 0 Å². The fourth-order valence-electron chi connectivity index (χ4n) is 2.36. The second-order valence-corrected chi connectivity index (χ2v) is 5.06. The Morgan fingerprint density at radius 1 is 1.12 bits per heavy atom. The van der Waals surface area contributed by atoms with E-state index in [-0.39, 0.29) is 5.91 Å². The van der Waals surface area contributed by atoms with E-state index in [1.165, 1.54) is 25.7 Å². The van der Waals surface area contributed by atoms with E-state index in [1.807, 2.05) is 0 Å². The summed E-state index contributed by atoms with van der Waals surface area (Å²) in [5.74, 6) is -0.264. The summed E-state index contributed by atoms with van der Waals surface area (Å²) >= 11 is 0. The van der Waals surface area contributed by atoms with E-state index in [4.69, 9.17) is 0 Å². The molecule has 17 heavy (non-hydrogen) atoms. The van der Waals surface area contributed by atoms with E-state index in [0.717, 1.165) is 38.8 Å². The van der Waals surface area contributed by atoms with Gasteiger partial charge in [0.05, 0.1) is 0 Å². The van der Waals surface area contributed by atoms with Crippen molar-refractivity contribution in [1.29, 1.82) is 0 Å². The molecule has 0 aliphatic carbocycles. The maximum Gasteiger partial charge on any atom is 0.257 e. The lowest BCUT2D eigenvalue weighted by Gasteiger charge is -2.27. The second kappa shape index (κ2) is 8.48. The summed E-state index contributed by atoms with van der Waals surface area (Å²) in [5, 5.41) is 0. The van der Waals surface area contributed by atoms with Crippen LogP contribution in [0.4, 0.5) is 4.39 Å². The summed E-state index contributed by atoms with van der Waals surface area (Å²) in [4.78, 5) is 13.5. The molecule has 3 heteroatoms. The predicted molar refractivity (Wildman–Crippen MR) is 68.7 cm³/mol. The lowest BCUT2D eigenvalue weighted by molar-refractivity contribution is -0.137. The minimum absolute atomic E-state index is 0.264. The summed E-state index contributed by atoms with van der Waals surface area (Å²) in [7, 11) is 0. The highest BCUT2D eigenvalue weighted by atomic mass is 19.1. The molecule has 1 atom stereocenters. The normalized spacial score (nSPS) is 18.1. The van der Waals surface area contributed by atoms with Gasteiger partial charge in [-0.25, -0.2) is 4.39 Å². The van der Waals surface area contributed by atoms with Gasteiger partial charge in [0.1, 0.15) is 0 Å². The van der Waals surface area contributed by atoms with Gasteiger partial charge < -0.3 is 4.90 Å². The van der Waals surface area contributed by atoms with E-state index in [9.17, 15) is 9.18 Å². The Kier molecular flexibility index (Phi) is 7.22. The number of hydrogen-bond donors (Lipinski definition) is 0. The molecule has 1 unspecified atom stereocenters. The van der Waals surface area contributed by atoms with E-state index >= 15 is 0 Å². The number of nitrogens with zero attached hydrogens (tertiary/aromatic N) is 1. The highest BCUT2D eigenvalue weighted by molar-refractivity contribution is 5.80. The van der Waals surface area contributed by atoms with Crippen LogP contribution in [0.2, 0.25) is 0 Å². The van der Waals surface area contributed by atoms with E-state index in [0.29, 0.717) is 6.42 Å². The van der Waals surface area contributed by atoms with Gasteiger partial charge in [-0.1, -0.05) is 39.0 Å². The smallest absolute Gasteiger partial charge is 0.257 e. The third-order valence-electron chi connectivity index (χ3n) is 3.50. The van der Waals surface area contributed by atoms with Gasteiger partial charge in [-0.3, -0.25) is 4.79 Å². The van der Waals surface area contributed by atoms with Gasteiger partial charge in [0, 0.05) is 13.1 Å². The Balaban J connectivity index is 2.12. The quantitative estimate of drug-likeness (QED) is 0.624. The van der Waals surface area contributed by atoms with Gasteiger partial charge in [0.15, 0.2) is 6.17 Å². The van der Waals surface area contributed by atoms with Crippen LogP contribution in [0.15, 0.2) is 0 Å². The number of alkyl halides is 1. The van der Waals surface area contributed by atoms with Crippen LogP contribution in [0, 0.1) is 0 Å². The molecule has 1 aliphatic heterocycles. The number of rotatable bonds is 7. The van der Waals surface area contributed by atoms with Gasteiger partial charge in [0.25, 0.3) is 5.91 Å². The Morgan fingerprint density at radius 3 is 2.41 bits per heavy atom. The minimum atomic E-state index is -1.25. The van der Waals surface area contributed by atoms with Crippen LogP contribution in [-0.4, -0.2) is 30.1 Å². The van der Waals surface area contributed by atoms with Crippen molar-refractivity contribution in [2.24, 2.45) is 0 Å². The molecular formula is C14H26FNO. The number of hydrogen-bond acceptors (Lipinski definition) is 1. The first-order chi connectivity index (χ1) is 8.25. The number of amides is 1. The van der Waals surface area contributed by atoms with Crippen molar-refractivity contribution in [3.8, 4) is 0 Å². The van der Waals surface area contributed by atoms with Crippen molar-refractivity contribution in [3.05, 3.63) is 0 Å². The second-order valence-electron chi connectivity index (χ2n) is 5.06. The van der Waals surface area contributed by atoms with Crippen molar-refractivity contribution in [3.63, 3.8) is 0 Å². The molecule has 0 saturated carbocycles. The lowest BCUT2D eigenvalue weighted by Crippen LogP contribution is -2.40. The average Bonchev–Trinajstić information content (AvgIpc) is 2.38. The fourth-order valence-corrected chi connectivity index (χ4v) is 2.36. The van der Waals surface area contributed by atoms with Crippen molar-refractivity contribution >= 4 is 5.91 Å². The monoisotopic (exact) mass is 243 g/mol. The molecule has 1 aliphatic rings. The number of unbranched alkanes of at least 4 members (excludes halogenated alkanes) is 4. The Labute approximate surface area is 105 Å². The van der Waals surface area contributed by atoms with Gasteiger partial charge in [-0.15, -0.1) is 0 Å². The zero-order valence-electron chi connectivity index (χ0n) is 11.1. The van der Waals surface area contributed by atoms with Gasteiger partial charge in [0.2, 0.25) is 0 Å². The molecule has 0 spiro atoms. The first kappa shape index (κ1) is 14.5. The van der Waals surface area contributed by atoms with Crippen LogP contribution in [0.25, 0.3) is 0 Å². The first-order valence-corrected chi connectivity index (χ1v) is 7.18. The summed E-state index contributed by atoms with van der Waals surface area (Å²) in [5.41, 5.74) is 0. The SMILES string of the molecule is CCCCCCCC(F)C(=O)N1CCCCC1. The molecule has 1 rings (SSSR count). The molecule has 1 fully saturated rings. The molecule has 0 aromatic rings. The molecule has 0 radical (unpaired) electrons. The number of piperidine rings is 1.